The second-order valence-corrected chi connectivity index (χ2v) is 9.00. The molecule has 0 aromatic rings. The van der Waals surface area contributed by atoms with Gasteiger partial charge in [-0.1, -0.05) is 20.3 Å². The fourth-order valence-electron chi connectivity index (χ4n) is 7.13. The van der Waals surface area contributed by atoms with Gasteiger partial charge in [-0.25, -0.2) is 0 Å². The molecule has 1 heteroatoms. The van der Waals surface area contributed by atoms with Crippen LogP contribution in [0.25, 0.3) is 0 Å². The topological polar surface area (TPSA) is 17.1 Å². The molecule has 0 radical (unpaired) electrons. The molecule has 6 atom stereocenters. The van der Waals surface area contributed by atoms with Gasteiger partial charge in [-0.2, -0.15) is 0 Å². The van der Waals surface area contributed by atoms with Crippen LogP contribution in [0.15, 0.2) is 0 Å². The summed E-state index contributed by atoms with van der Waals surface area (Å²) < 4.78 is 0. The quantitative estimate of drug-likeness (QED) is 0.608. The van der Waals surface area contributed by atoms with Crippen molar-refractivity contribution in [3.8, 4) is 0 Å². The Balaban J connectivity index is 1.66. The first kappa shape index (κ1) is 13.3. The molecule has 4 saturated carbocycles. The Morgan fingerprint density at radius 3 is 2.65 bits per heavy atom. The summed E-state index contributed by atoms with van der Waals surface area (Å²) in [4.78, 5) is 12.1. The fourth-order valence-corrected chi connectivity index (χ4v) is 7.13. The average molecular weight is 274 g/mol. The third-order valence-corrected chi connectivity index (χ3v) is 8.20. The summed E-state index contributed by atoms with van der Waals surface area (Å²) in [5.74, 6) is 4.21. The minimum absolute atomic E-state index is 0.363. The highest BCUT2D eigenvalue weighted by molar-refractivity contribution is 5.80. The van der Waals surface area contributed by atoms with Crippen molar-refractivity contribution in [1.29, 1.82) is 0 Å². The molecule has 0 aromatic carbocycles. The lowest BCUT2D eigenvalue weighted by atomic mass is 9.45. The summed E-state index contributed by atoms with van der Waals surface area (Å²) in [6.07, 6.45) is 13.1. The molecule has 4 fully saturated rings. The summed E-state index contributed by atoms with van der Waals surface area (Å²) in [5, 5.41) is 0. The van der Waals surface area contributed by atoms with E-state index in [0.717, 1.165) is 36.5 Å². The second-order valence-electron chi connectivity index (χ2n) is 9.00. The average Bonchev–Trinajstić information content (AvgIpc) is 2.79. The van der Waals surface area contributed by atoms with Gasteiger partial charge in [0.2, 0.25) is 0 Å². The Labute approximate surface area is 123 Å². The van der Waals surface area contributed by atoms with Gasteiger partial charge in [0, 0.05) is 12.8 Å². The molecule has 112 valence electrons. The molecular weight excluding hydrogens is 244 g/mol. The van der Waals surface area contributed by atoms with Crippen molar-refractivity contribution in [2.24, 2.45) is 34.5 Å². The maximum absolute atomic E-state index is 12.1. The zero-order valence-electron chi connectivity index (χ0n) is 13.3. The van der Waals surface area contributed by atoms with E-state index in [1.807, 2.05) is 0 Å². The van der Waals surface area contributed by atoms with E-state index >= 15 is 0 Å². The van der Waals surface area contributed by atoms with Gasteiger partial charge in [0.1, 0.15) is 5.78 Å². The van der Waals surface area contributed by atoms with Crippen LogP contribution in [0.5, 0.6) is 0 Å². The smallest absolute Gasteiger partial charge is 0.133 e. The standard InChI is InChI=1S/C19H30O/c1-18-10-3-4-16(18)15-8-6-13-5-7-14(20)12-19(13,2)17(15)9-11-18/h13,15-17H,3-12H2,1-2H3/t13-,15+,16-,17+,18-,19-/m1/s1. The molecule has 0 amide bonds. The SMILES string of the molecule is C[C@]12CCC[C@@H]1[C@@H]1CC[C@H]3CCC(=O)C[C@@]3(C)[C@H]1CC2. The molecule has 0 aromatic heterocycles. The van der Waals surface area contributed by atoms with Gasteiger partial charge >= 0.3 is 0 Å². The fraction of sp³-hybridized carbons (Fsp3) is 0.947. The van der Waals surface area contributed by atoms with Crippen LogP contribution in [0, 0.1) is 34.5 Å². The first-order valence-electron chi connectivity index (χ1n) is 9.05. The number of carbonyl (C=O) groups is 1. The Hall–Kier alpha value is -0.330. The maximum atomic E-state index is 12.1. The van der Waals surface area contributed by atoms with E-state index in [1.54, 1.807) is 0 Å². The molecule has 20 heavy (non-hydrogen) atoms. The van der Waals surface area contributed by atoms with Crippen LogP contribution in [0.1, 0.15) is 78.1 Å². The van der Waals surface area contributed by atoms with Crippen molar-refractivity contribution in [2.75, 3.05) is 0 Å². The monoisotopic (exact) mass is 274 g/mol. The zero-order valence-corrected chi connectivity index (χ0v) is 13.3. The maximum Gasteiger partial charge on any atom is 0.133 e. The van der Waals surface area contributed by atoms with Crippen LogP contribution in [0.2, 0.25) is 0 Å². The number of fused-ring (bicyclic) bond motifs is 5. The van der Waals surface area contributed by atoms with Gasteiger partial charge in [-0.15, -0.1) is 0 Å². The summed E-state index contributed by atoms with van der Waals surface area (Å²) in [6.45, 7) is 5.06. The van der Waals surface area contributed by atoms with E-state index in [2.05, 4.69) is 13.8 Å². The van der Waals surface area contributed by atoms with E-state index in [9.17, 15) is 4.79 Å². The molecule has 0 saturated heterocycles. The summed E-state index contributed by atoms with van der Waals surface area (Å²) in [6, 6.07) is 0. The van der Waals surface area contributed by atoms with Crippen LogP contribution >= 0.6 is 0 Å². The molecule has 4 aliphatic carbocycles. The van der Waals surface area contributed by atoms with Gasteiger partial charge in [0.05, 0.1) is 0 Å². The molecular formula is C19H30O. The van der Waals surface area contributed by atoms with Crippen molar-refractivity contribution >= 4 is 5.78 Å². The Morgan fingerprint density at radius 1 is 0.950 bits per heavy atom. The summed E-state index contributed by atoms with van der Waals surface area (Å²) in [7, 11) is 0. The molecule has 1 nitrogen and oxygen atoms in total. The second kappa shape index (κ2) is 4.34. The molecule has 0 bridgehead atoms. The lowest BCUT2D eigenvalue weighted by molar-refractivity contribution is -0.139. The highest BCUT2D eigenvalue weighted by Crippen LogP contribution is 2.65. The van der Waals surface area contributed by atoms with Crippen molar-refractivity contribution < 1.29 is 4.79 Å². The van der Waals surface area contributed by atoms with Gasteiger partial charge in [0.15, 0.2) is 0 Å². The van der Waals surface area contributed by atoms with E-state index in [-0.39, 0.29) is 0 Å². The van der Waals surface area contributed by atoms with E-state index in [0.29, 0.717) is 16.6 Å². The number of rotatable bonds is 0. The summed E-state index contributed by atoms with van der Waals surface area (Å²) >= 11 is 0. The largest absolute Gasteiger partial charge is 0.300 e. The van der Waals surface area contributed by atoms with Crippen molar-refractivity contribution in [3.05, 3.63) is 0 Å². The molecule has 0 N–H and O–H groups in total. The molecule has 0 unspecified atom stereocenters. The van der Waals surface area contributed by atoms with Crippen LogP contribution in [0.3, 0.4) is 0 Å². The number of hydrogen-bond acceptors (Lipinski definition) is 1. The predicted molar refractivity (Wildman–Crippen MR) is 81.4 cm³/mol. The van der Waals surface area contributed by atoms with Gasteiger partial charge in [-0.3, -0.25) is 4.79 Å². The highest BCUT2D eigenvalue weighted by atomic mass is 16.1. The molecule has 0 spiro atoms. The lowest BCUT2D eigenvalue weighted by Gasteiger charge is -2.59. The Kier molecular flexibility index (Phi) is 2.89. The van der Waals surface area contributed by atoms with Gasteiger partial charge in [-0.05, 0) is 79.4 Å². The van der Waals surface area contributed by atoms with Crippen molar-refractivity contribution in [1.82, 2.24) is 0 Å². The van der Waals surface area contributed by atoms with Gasteiger partial charge in [0.25, 0.3) is 0 Å². The van der Waals surface area contributed by atoms with Crippen LogP contribution in [-0.4, -0.2) is 5.78 Å². The number of ketones is 1. The molecule has 0 heterocycles. The minimum Gasteiger partial charge on any atom is -0.300 e. The van der Waals surface area contributed by atoms with E-state index < -0.39 is 0 Å². The number of carbonyl (C=O) groups excluding carboxylic acids is 1. The van der Waals surface area contributed by atoms with E-state index in [1.165, 1.54) is 51.4 Å². The zero-order chi connectivity index (χ0) is 14.0. The van der Waals surface area contributed by atoms with Crippen molar-refractivity contribution in [3.63, 3.8) is 0 Å². The first-order chi connectivity index (χ1) is 9.53. The Bertz CT molecular complexity index is 427. The molecule has 0 aliphatic heterocycles. The molecule has 4 aliphatic rings. The third-order valence-electron chi connectivity index (χ3n) is 8.20. The van der Waals surface area contributed by atoms with Crippen molar-refractivity contribution in [2.45, 2.75) is 78.1 Å². The van der Waals surface area contributed by atoms with Gasteiger partial charge < -0.3 is 0 Å². The normalized spacial score (nSPS) is 55.0. The highest BCUT2D eigenvalue weighted by Gasteiger charge is 2.57. The third kappa shape index (κ3) is 1.70. The number of hydrogen-bond donors (Lipinski definition) is 0. The minimum atomic E-state index is 0.363. The molecule has 4 rings (SSSR count). The summed E-state index contributed by atoms with van der Waals surface area (Å²) in [5.41, 5.74) is 1.02. The van der Waals surface area contributed by atoms with Crippen LogP contribution in [-0.2, 0) is 4.79 Å². The lowest BCUT2D eigenvalue weighted by Crippen LogP contribution is -2.53. The van der Waals surface area contributed by atoms with E-state index in [4.69, 9.17) is 0 Å². The predicted octanol–water partition coefficient (Wildman–Crippen LogP) is 4.99. The first-order valence-corrected chi connectivity index (χ1v) is 9.05. The Morgan fingerprint density at radius 2 is 1.80 bits per heavy atom. The van der Waals surface area contributed by atoms with Crippen LogP contribution in [0.4, 0.5) is 0 Å². The number of Topliss-reactive ketones (excluding diaryl/α,β-unsaturated/α-hetero) is 1. The van der Waals surface area contributed by atoms with Crippen LogP contribution < -0.4 is 0 Å².